The van der Waals surface area contributed by atoms with E-state index in [9.17, 15) is 9.36 Å². The number of carbonyl (C=O) groups excluding carboxylic acids is 1. The van der Waals surface area contributed by atoms with Gasteiger partial charge in [0, 0.05) is 6.42 Å². The highest BCUT2D eigenvalue weighted by Crippen LogP contribution is 2.48. The quantitative estimate of drug-likeness (QED) is 0.628. The van der Waals surface area contributed by atoms with Crippen LogP contribution in [0.2, 0.25) is 0 Å². The summed E-state index contributed by atoms with van der Waals surface area (Å²) in [5, 5.41) is 0. The fourth-order valence-corrected chi connectivity index (χ4v) is 3.82. The van der Waals surface area contributed by atoms with E-state index in [-0.39, 0.29) is 11.9 Å². The topological polar surface area (TPSA) is 52.6 Å². The highest BCUT2D eigenvalue weighted by molar-refractivity contribution is 7.54. The molecule has 4 nitrogen and oxygen atoms in total. The van der Waals surface area contributed by atoms with Gasteiger partial charge in [-0.2, -0.15) is 0 Å². The van der Waals surface area contributed by atoms with Crippen molar-refractivity contribution in [2.24, 2.45) is 0 Å². The van der Waals surface area contributed by atoms with Crippen molar-refractivity contribution >= 4 is 13.4 Å². The molecule has 1 rings (SSSR count). The first-order valence-electron chi connectivity index (χ1n) is 7.35. The van der Waals surface area contributed by atoms with Crippen molar-refractivity contribution in [1.29, 1.82) is 0 Å². The average Bonchev–Trinajstić information content (AvgIpc) is 2.40. The molecule has 0 aromatic carbocycles. The fourth-order valence-electron chi connectivity index (χ4n) is 2.31. The lowest BCUT2D eigenvalue weighted by molar-refractivity contribution is -0.115. The van der Waals surface area contributed by atoms with Crippen molar-refractivity contribution in [2.45, 2.75) is 46.5 Å². The van der Waals surface area contributed by atoms with Crippen molar-refractivity contribution in [2.75, 3.05) is 19.4 Å². The van der Waals surface area contributed by atoms with Crippen LogP contribution in [0.1, 0.15) is 46.5 Å². The predicted octanol–water partition coefficient (Wildman–Crippen LogP) is 4.27. The van der Waals surface area contributed by atoms with E-state index < -0.39 is 7.60 Å². The van der Waals surface area contributed by atoms with E-state index in [0.29, 0.717) is 19.6 Å². The van der Waals surface area contributed by atoms with Gasteiger partial charge < -0.3 is 9.05 Å². The summed E-state index contributed by atoms with van der Waals surface area (Å²) in [5.74, 6) is 0.184. The third-order valence-electron chi connectivity index (χ3n) is 3.21. The maximum atomic E-state index is 12.4. The van der Waals surface area contributed by atoms with Gasteiger partial charge in [-0.15, -0.1) is 0 Å². The monoisotopic (exact) mass is 300 g/mol. The van der Waals surface area contributed by atoms with E-state index in [1.54, 1.807) is 19.9 Å². The molecule has 0 spiro atoms. The summed E-state index contributed by atoms with van der Waals surface area (Å²) in [7, 11) is -3.04. The minimum absolute atomic E-state index is 0.184. The SMILES string of the molecule is CCOP(=O)(C/C=C(\CC)C1=CC(=O)CCC1)OCC. The van der Waals surface area contributed by atoms with E-state index in [4.69, 9.17) is 9.05 Å². The van der Waals surface area contributed by atoms with Gasteiger partial charge in [0.25, 0.3) is 0 Å². The molecular weight excluding hydrogens is 275 g/mol. The zero-order valence-electron chi connectivity index (χ0n) is 12.7. The van der Waals surface area contributed by atoms with Gasteiger partial charge >= 0.3 is 7.60 Å². The molecule has 0 aromatic rings. The number of ketones is 1. The molecule has 0 N–H and O–H groups in total. The molecule has 114 valence electrons. The van der Waals surface area contributed by atoms with Crippen molar-refractivity contribution in [3.63, 3.8) is 0 Å². The average molecular weight is 300 g/mol. The Balaban J connectivity index is 2.83. The Hall–Kier alpha value is -0.700. The Labute approximate surface area is 121 Å². The summed E-state index contributed by atoms with van der Waals surface area (Å²) in [6.45, 7) is 6.39. The van der Waals surface area contributed by atoms with Gasteiger partial charge in [-0.05, 0) is 50.3 Å². The van der Waals surface area contributed by atoms with E-state index in [1.165, 1.54) is 0 Å². The number of allylic oxidation sites excluding steroid dienone is 4. The van der Waals surface area contributed by atoms with Crippen molar-refractivity contribution in [3.05, 3.63) is 23.3 Å². The molecule has 1 aliphatic rings. The normalized spacial score (nSPS) is 17.2. The van der Waals surface area contributed by atoms with E-state index in [2.05, 4.69) is 0 Å². The van der Waals surface area contributed by atoms with Crippen LogP contribution in [0, 0.1) is 0 Å². The van der Waals surface area contributed by atoms with Crippen molar-refractivity contribution in [1.82, 2.24) is 0 Å². The molecular formula is C15H25O4P. The number of hydrogen-bond acceptors (Lipinski definition) is 4. The summed E-state index contributed by atoms with van der Waals surface area (Å²) in [5.41, 5.74) is 2.15. The molecule has 0 bridgehead atoms. The Kier molecular flexibility index (Phi) is 7.42. The van der Waals surface area contributed by atoms with Crippen LogP contribution in [0.3, 0.4) is 0 Å². The third kappa shape index (κ3) is 5.35. The molecule has 0 heterocycles. The number of rotatable bonds is 8. The molecule has 1 aliphatic carbocycles. The van der Waals surface area contributed by atoms with Crippen LogP contribution in [0.4, 0.5) is 0 Å². The van der Waals surface area contributed by atoms with Gasteiger partial charge in [-0.3, -0.25) is 9.36 Å². The molecule has 0 atom stereocenters. The van der Waals surface area contributed by atoms with Gasteiger partial charge in [-0.25, -0.2) is 0 Å². The van der Waals surface area contributed by atoms with Crippen LogP contribution >= 0.6 is 7.60 Å². The molecule has 0 unspecified atom stereocenters. The molecule has 20 heavy (non-hydrogen) atoms. The number of hydrogen-bond donors (Lipinski definition) is 0. The fraction of sp³-hybridized carbons (Fsp3) is 0.667. The maximum absolute atomic E-state index is 12.4. The second-order valence-electron chi connectivity index (χ2n) is 4.70. The zero-order chi connectivity index (χ0) is 15.0. The van der Waals surface area contributed by atoms with Crippen LogP contribution in [0.25, 0.3) is 0 Å². The van der Waals surface area contributed by atoms with Crippen LogP contribution in [-0.4, -0.2) is 25.2 Å². The zero-order valence-corrected chi connectivity index (χ0v) is 13.6. The number of carbonyl (C=O) groups is 1. The molecule has 0 amide bonds. The Morgan fingerprint density at radius 2 is 1.90 bits per heavy atom. The van der Waals surface area contributed by atoms with Gasteiger partial charge in [0.1, 0.15) is 0 Å². The first-order chi connectivity index (χ1) is 9.54. The molecule has 0 fully saturated rings. The lowest BCUT2D eigenvalue weighted by Gasteiger charge is -2.18. The predicted molar refractivity (Wildman–Crippen MR) is 81.0 cm³/mol. The van der Waals surface area contributed by atoms with E-state index in [0.717, 1.165) is 30.4 Å². The van der Waals surface area contributed by atoms with Crippen molar-refractivity contribution < 1.29 is 18.4 Å². The summed E-state index contributed by atoms with van der Waals surface area (Å²) in [4.78, 5) is 11.5. The molecule has 0 aromatic heterocycles. The summed E-state index contributed by atoms with van der Waals surface area (Å²) < 4.78 is 23.0. The van der Waals surface area contributed by atoms with Crippen LogP contribution in [-0.2, 0) is 18.4 Å². The van der Waals surface area contributed by atoms with Crippen LogP contribution < -0.4 is 0 Å². The summed E-state index contributed by atoms with van der Waals surface area (Å²) >= 11 is 0. The van der Waals surface area contributed by atoms with Crippen molar-refractivity contribution in [3.8, 4) is 0 Å². The highest BCUT2D eigenvalue weighted by atomic mass is 31.2. The van der Waals surface area contributed by atoms with E-state index in [1.807, 2.05) is 13.0 Å². The molecule has 5 heteroatoms. The Morgan fingerprint density at radius 3 is 2.40 bits per heavy atom. The highest BCUT2D eigenvalue weighted by Gasteiger charge is 2.22. The second-order valence-corrected chi connectivity index (χ2v) is 6.80. The lowest BCUT2D eigenvalue weighted by Crippen LogP contribution is -2.05. The largest absolute Gasteiger partial charge is 0.334 e. The molecule has 0 aliphatic heterocycles. The molecule has 0 saturated heterocycles. The van der Waals surface area contributed by atoms with Gasteiger partial charge in [0.15, 0.2) is 5.78 Å². The van der Waals surface area contributed by atoms with Gasteiger partial charge in [-0.1, -0.05) is 13.0 Å². The van der Waals surface area contributed by atoms with Gasteiger partial charge in [0.2, 0.25) is 0 Å². The first-order valence-corrected chi connectivity index (χ1v) is 9.08. The molecule has 0 saturated carbocycles. The Morgan fingerprint density at radius 1 is 1.25 bits per heavy atom. The smallest absolute Gasteiger partial charge is 0.309 e. The lowest BCUT2D eigenvalue weighted by atomic mass is 9.91. The molecule has 0 radical (unpaired) electrons. The maximum Gasteiger partial charge on any atom is 0.334 e. The van der Waals surface area contributed by atoms with Gasteiger partial charge in [0.05, 0.1) is 19.4 Å². The summed E-state index contributed by atoms with van der Waals surface area (Å²) in [6, 6.07) is 0. The third-order valence-corrected chi connectivity index (χ3v) is 5.14. The van der Waals surface area contributed by atoms with Crippen LogP contribution in [0.5, 0.6) is 0 Å². The summed E-state index contributed by atoms with van der Waals surface area (Å²) in [6.07, 6.45) is 7.18. The minimum Gasteiger partial charge on any atom is -0.309 e. The standard InChI is InChI=1S/C15H25O4P/c1-4-13(14-8-7-9-15(16)12-14)10-11-20(17,18-5-2)19-6-3/h10,12H,4-9,11H2,1-3H3/b13-10+. The Bertz CT molecular complexity index is 427. The van der Waals surface area contributed by atoms with E-state index >= 15 is 0 Å². The second kappa shape index (κ2) is 8.56. The first kappa shape index (κ1) is 17.4. The minimum atomic E-state index is -3.04. The van der Waals surface area contributed by atoms with Crippen LogP contribution in [0.15, 0.2) is 23.3 Å².